The van der Waals surface area contributed by atoms with E-state index in [-0.39, 0.29) is 16.9 Å². The minimum atomic E-state index is -0.319. The number of hydrogen-bond acceptors (Lipinski definition) is 5. The van der Waals surface area contributed by atoms with Gasteiger partial charge in [-0.2, -0.15) is 0 Å². The molecule has 1 spiro atoms. The molecule has 2 aliphatic rings. The van der Waals surface area contributed by atoms with Crippen LogP contribution in [0.5, 0.6) is 5.88 Å². The number of nitrogens with zero attached hydrogens (tertiary/aromatic N) is 3. The monoisotopic (exact) mass is 333 g/mol. The number of likely N-dealkylation sites (tertiary alicyclic amines) is 1. The highest BCUT2D eigenvalue weighted by atomic mass is 16.5. The molecule has 1 atom stereocenters. The summed E-state index contributed by atoms with van der Waals surface area (Å²) in [7, 11) is 0. The molecule has 0 saturated carbocycles. The molecule has 0 bridgehead atoms. The zero-order valence-corrected chi connectivity index (χ0v) is 14.8. The molecule has 3 rings (SSSR count). The van der Waals surface area contributed by atoms with E-state index in [0.717, 1.165) is 39.0 Å². The van der Waals surface area contributed by atoms with Gasteiger partial charge in [0.15, 0.2) is 0 Å². The van der Waals surface area contributed by atoms with Crippen molar-refractivity contribution < 1.29 is 14.3 Å². The van der Waals surface area contributed by atoms with Crippen LogP contribution >= 0.6 is 0 Å². The first-order valence-electron chi connectivity index (χ1n) is 8.70. The standard InChI is InChI=1S/C18H27N3O3/c1-17(2,3)16(22)21-12-18(13-21)10-14(5-9-24-18)4-8-23-15-11-19-6-7-20-15/h6-7,11,14H,4-5,8-10,12-13H2,1-3H3. The van der Waals surface area contributed by atoms with Crippen LogP contribution in [0.1, 0.15) is 40.0 Å². The van der Waals surface area contributed by atoms with Gasteiger partial charge in [0.25, 0.3) is 0 Å². The molecule has 1 unspecified atom stereocenters. The zero-order valence-electron chi connectivity index (χ0n) is 14.8. The lowest BCUT2D eigenvalue weighted by atomic mass is 9.78. The summed E-state index contributed by atoms with van der Waals surface area (Å²) >= 11 is 0. The molecule has 3 heterocycles. The van der Waals surface area contributed by atoms with E-state index in [0.29, 0.717) is 18.4 Å². The van der Waals surface area contributed by atoms with E-state index < -0.39 is 0 Å². The maximum absolute atomic E-state index is 12.3. The quantitative estimate of drug-likeness (QED) is 0.846. The second-order valence-electron chi connectivity index (χ2n) is 7.98. The van der Waals surface area contributed by atoms with Crippen LogP contribution in [0, 0.1) is 11.3 Å². The number of rotatable bonds is 4. The average Bonchev–Trinajstić information content (AvgIpc) is 2.52. The number of amides is 1. The van der Waals surface area contributed by atoms with Gasteiger partial charge in [-0.15, -0.1) is 0 Å². The second kappa shape index (κ2) is 6.67. The van der Waals surface area contributed by atoms with E-state index in [4.69, 9.17) is 9.47 Å². The highest BCUT2D eigenvalue weighted by Crippen LogP contribution is 2.39. The summed E-state index contributed by atoms with van der Waals surface area (Å²) < 4.78 is 11.7. The Morgan fingerprint density at radius 3 is 2.88 bits per heavy atom. The third-order valence-electron chi connectivity index (χ3n) is 4.80. The average molecular weight is 333 g/mol. The van der Waals surface area contributed by atoms with Crippen molar-refractivity contribution in [3.8, 4) is 5.88 Å². The van der Waals surface area contributed by atoms with Gasteiger partial charge in [0.1, 0.15) is 5.60 Å². The maximum atomic E-state index is 12.3. The van der Waals surface area contributed by atoms with E-state index in [1.807, 2.05) is 25.7 Å². The summed E-state index contributed by atoms with van der Waals surface area (Å²) in [5.41, 5.74) is -0.448. The number of ether oxygens (including phenoxy) is 2. The summed E-state index contributed by atoms with van der Waals surface area (Å²) in [5.74, 6) is 1.36. The SMILES string of the molecule is CC(C)(C)C(=O)N1CC2(CC(CCOc3cnccn3)CCO2)C1. The van der Waals surface area contributed by atoms with Crippen LogP contribution in [0.15, 0.2) is 18.6 Å². The molecule has 132 valence electrons. The Hall–Kier alpha value is -1.69. The Morgan fingerprint density at radius 1 is 1.42 bits per heavy atom. The fourth-order valence-electron chi connectivity index (χ4n) is 3.55. The molecule has 6 heteroatoms. The lowest BCUT2D eigenvalue weighted by Crippen LogP contribution is -2.68. The Kier molecular flexibility index (Phi) is 4.76. The molecule has 1 aromatic heterocycles. The Labute approximate surface area is 143 Å². The van der Waals surface area contributed by atoms with Gasteiger partial charge in [0.2, 0.25) is 11.8 Å². The lowest BCUT2D eigenvalue weighted by Gasteiger charge is -2.54. The minimum Gasteiger partial charge on any atom is -0.477 e. The molecule has 2 fully saturated rings. The van der Waals surface area contributed by atoms with Crippen molar-refractivity contribution in [1.29, 1.82) is 0 Å². The number of hydrogen-bond donors (Lipinski definition) is 0. The molecule has 1 aromatic rings. The van der Waals surface area contributed by atoms with Gasteiger partial charge in [0.05, 0.1) is 25.9 Å². The molecule has 2 saturated heterocycles. The topological polar surface area (TPSA) is 64.6 Å². The van der Waals surface area contributed by atoms with Crippen LogP contribution in [0.25, 0.3) is 0 Å². The van der Waals surface area contributed by atoms with Crippen molar-refractivity contribution in [2.45, 2.75) is 45.6 Å². The van der Waals surface area contributed by atoms with Crippen LogP contribution in [-0.2, 0) is 9.53 Å². The maximum Gasteiger partial charge on any atom is 0.232 e. The van der Waals surface area contributed by atoms with Gasteiger partial charge in [0, 0.05) is 24.4 Å². The molecule has 24 heavy (non-hydrogen) atoms. The summed E-state index contributed by atoms with van der Waals surface area (Å²) in [4.78, 5) is 22.4. The number of aromatic nitrogens is 2. The summed E-state index contributed by atoms with van der Waals surface area (Å²) in [5, 5.41) is 0. The first-order chi connectivity index (χ1) is 11.4. The third kappa shape index (κ3) is 3.86. The Morgan fingerprint density at radius 2 is 2.21 bits per heavy atom. The first-order valence-corrected chi connectivity index (χ1v) is 8.70. The molecular weight excluding hydrogens is 306 g/mol. The molecule has 0 aliphatic carbocycles. The van der Waals surface area contributed by atoms with Crippen molar-refractivity contribution in [2.24, 2.45) is 11.3 Å². The summed E-state index contributed by atoms with van der Waals surface area (Å²) in [6.07, 6.45) is 7.94. The summed E-state index contributed by atoms with van der Waals surface area (Å²) in [6, 6.07) is 0. The molecule has 6 nitrogen and oxygen atoms in total. The molecule has 0 N–H and O–H groups in total. The first kappa shape index (κ1) is 17.1. The number of carbonyl (C=O) groups is 1. The van der Waals surface area contributed by atoms with E-state index in [9.17, 15) is 4.79 Å². The van der Waals surface area contributed by atoms with Crippen LogP contribution in [-0.4, -0.2) is 52.7 Å². The zero-order chi connectivity index (χ0) is 17.2. The fraction of sp³-hybridized carbons (Fsp3) is 0.722. The molecule has 0 aromatic carbocycles. The number of carbonyl (C=O) groups excluding carboxylic acids is 1. The van der Waals surface area contributed by atoms with Crippen molar-refractivity contribution in [2.75, 3.05) is 26.3 Å². The van der Waals surface area contributed by atoms with Crippen LogP contribution in [0.4, 0.5) is 0 Å². The molecular formula is C18H27N3O3. The fourth-order valence-corrected chi connectivity index (χ4v) is 3.55. The van der Waals surface area contributed by atoms with Crippen molar-refractivity contribution in [3.63, 3.8) is 0 Å². The largest absolute Gasteiger partial charge is 0.477 e. The highest BCUT2D eigenvalue weighted by Gasteiger charge is 2.50. The van der Waals surface area contributed by atoms with Crippen molar-refractivity contribution >= 4 is 5.91 Å². The Balaban J connectivity index is 1.45. The lowest BCUT2D eigenvalue weighted by molar-refractivity contribution is -0.193. The van der Waals surface area contributed by atoms with Gasteiger partial charge < -0.3 is 14.4 Å². The van der Waals surface area contributed by atoms with E-state index in [1.54, 1.807) is 18.6 Å². The molecule has 0 radical (unpaired) electrons. The van der Waals surface area contributed by atoms with Gasteiger partial charge in [-0.05, 0) is 25.2 Å². The van der Waals surface area contributed by atoms with Gasteiger partial charge in [-0.25, -0.2) is 4.98 Å². The smallest absolute Gasteiger partial charge is 0.232 e. The van der Waals surface area contributed by atoms with Crippen LogP contribution in [0.3, 0.4) is 0 Å². The van der Waals surface area contributed by atoms with Gasteiger partial charge >= 0.3 is 0 Å². The molecule has 1 amide bonds. The summed E-state index contributed by atoms with van der Waals surface area (Å²) in [6.45, 7) is 8.77. The van der Waals surface area contributed by atoms with Gasteiger partial charge in [-0.1, -0.05) is 20.8 Å². The van der Waals surface area contributed by atoms with E-state index in [2.05, 4.69) is 9.97 Å². The molecule has 2 aliphatic heterocycles. The van der Waals surface area contributed by atoms with Crippen LogP contribution in [0.2, 0.25) is 0 Å². The van der Waals surface area contributed by atoms with Gasteiger partial charge in [-0.3, -0.25) is 9.78 Å². The normalized spacial score (nSPS) is 23.0. The van der Waals surface area contributed by atoms with Crippen molar-refractivity contribution in [3.05, 3.63) is 18.6 Å². The second-order valence-corrected chi connectivity index (χ2v) is 7.98. The van der Waals surface area contributed by atoms with E-state index >= 15 is 0 Å². The van der Waals surface area contributed by atoms with Crippen LogP contribution < -0.4 is 4.74 Å². The highest BCUT2D eigenvalue weighted by molar-refractivity contribution is 5.82. The predicted molar refractivity (Wildman–Crippen MR) is 89.6 cm³/mol. The van der Waals surface area contributed by atoms with Crippen molar-refractivity contribution in [1.82, 2.24) is 14.9 Å². The Bertz CT molecular complexity index is 565. The van der Waals surface area contributed by atoms with E-state index in [1.165, 1.54) is 0 Å². The predicted octanol–water partition coefficient (Wildman–Crippen LogP) is 2.30. The minimum absolute atomic E-state index is 0.129. The third-order valence-corrected chi connectivity index (χ3v) is 4.80.